The molecule has 4 aromatic rings. The fourth-order valence-corrected chi connectivity index (χ4v) is 3.82. The molecule has 0 unspecified atom stereocenters. The van der Waals surface area contributed by atoms with E-state index in [1.54, 1.807) is 29.2 Å². The van der Waals surface area contributed by atoms with E-state index in [1.165, 1.54) is 0 Å². The minimum atomic E-state index is -0.0816. The number of pyridine rings is 1. The molecule has 29 heavy (non-hydrogen) atoms. The molecule has 4 heterocycles. The Hall–Kier alpha value is -3.61. The van der Waals surface area contributed by atoms with Crippen LogP contribution in [0.5, 0.6) is 0 Å². The second kappa shape index (κ2) is 7.09. The van der Waals surface area contributed by atoms with E-state index >= 15 is 0 Å². The predicted octanol–water partition coefficient (Wildman–Crippen LogP) is 2.69. The monoisotopic (exact) mass is 384 g/mol. The molecular formula is C22H20N6O. The third-order valence-corrected chi connectivity index (χ3v) is 5.38. The molecule has 0 aliphatic carbocycles. The summed E-state index contributed by atoms with van der Waals surface area (Å²) in [7, 11) is 0. The Labute approximate surface area is 167 Å². The Bertz CT molecular complexity index is 1230. The van der Waals surface area contributed by atoms with Crippen molar-refractivity contribution >= 4 is 16.6 Å². The number of anilines is 1. The Morgan fingerprint density at radius 3 is 2.52 bits per heavy atom. The van der Waals surface area contributed by atoms with Crippen LogP contribution in [-0.4, -0.2) is 38.1 Å². The van der Waals surface area contributed by atoms with Crippen LogP contribution in [0.3, 0.4) is 0 Å². The average molecular weight is 384 g/mol. The maximum Gasteiger partial charge on any atom is 0.266 e. The van der Waals surface area contributed by atoms with Crippen molar-refractivity contribution in [2.75, 3.05) is 18.0 Å². The van der Waals surface area contributed by atoms with Crippen molar-refractivity contribution in [1.82, 2.24) is 25.0 Å². The van der Waals surface area contributed by atoms with E-state index < -0.39 is 0 Å². The zero-order valence-corrected chi connectivity index (χ0v) is 16.1. The molecule has 1 saturated heterocycles. The summed E-state index contributed by atoms with van der Waals surface area (Å²) >= 11 is 0. The topological polar surface area (TPSA) is 76.8 Å². The van der Waals surface area contributed by atoms with Crippen LogP contribution in [0, 0.1) is 12.8 Å². The van der Waals surface area contributed by atoms with Gasteiger partial charge in [0.2, 0.25) is 0 Å². The fraction of sp³-hybridized carbons (Fsp3) is 0.227. The second-order valence-corrected chi connectivity index (χ2v) is 7.40. The summed E-state index contributed by atoms with van der Waals surface area (Å²) in [6.45, 7) is 4.22. The second-order valence-electron chi connectivity index (χ2n) is 7.40. The van der Waals surface area contributed by atoms with Crippen molar-refractivity contribution in [3.63, 3.8) is 0 Å². The number of aryl methyl sites for hydroxylation is 1. The summed E-state index contributed by atoms with van der Waals surface area (Å²) in [5, 5.41) is 15.5. The molecule has 7 heteroatoms. The molecule has 0 atom stereocenters. The molecule has 1 aliphatic rings. The quantitative estimate of drug-likeness (QED) is 0.538. The molecule has 0 N–H and O–H groups in total. The third kappa shape index (κ3) is 3.24. The zero-order chi connectivity index (χ0) is 19.8. The summed E-state index contributed by atoms with van der Waals surface area (Å²) in [5.74, 6) is 1.25. The zero-order valence-electron chi connectivity index (χ0n) is 16.1. The Morgan fingerprint density at radius 2 is 1.72 bits per heavy atom. The summed E-state index contributed by atoms with van der Waals surface area (Å²) in [6.07, 6.45) is 3.45. The van der Waals surface area contributed by atoms with Gasteiger partial charge in [-0.3, -0.25) is 9.78 Å². The molecule has 0 radical (unpaired) electrons. The van der Waals surface area contributed by atoms with E-state index in [0.29, 0.717) is 12.5 Å². The van der Waals surface area contributed by atoms with Crippen LogP contribution >= 0.6 is 0 Å². The lowest BCUT2D eigenvalue weighted by atomic mass is 9.99. The Kier molecular flexibility index (Phi) is 4.27. The summed E-state index contributed by atoms with van der Waals surface area (Å²) in [4.78, 5) is 18.5. The lowest BCUT2D eigenvalue weighted by Gasteiger charge is -2.40. The van der Waals surface area contributed by atoms with Crippen LogP contribution in [-0.2, 0) is 6.54 Å². The van der Waals surface area contributed by atoms with Gasteiger partial charge in [-0.15, -0.1) is 5.10 Å². The van der Waals surface area contributed by atoms with Gasteiger partial charge in [0, 0.05) is 53.8 Å². The van der Waals surface area contributed by atoms with Gasteiger partial charge in [0.25, 0.3) is 5.56 Å². The summed E-state index contributed by atoms with van der Waals surface area (Å²) < 4.78 is 1.57. The van der Waals surface area contributed by atoms with Gasteiger partial charge in [0.15, 0.2) is 5.82 Å². The first-order valence-electron chi connectivity index (χ1n) is 9.64. The van der Waals surface area contributed by atoms with E-state index in [9.17, 15) is 4.79 Å². The summed E-state index contributed by atoms with van der Waals surface area (Å²) in [5.41, 5.74) is 2.58. The van der Waals surface area contributed by atoms with E-state index in [2.05, 4.69) is 37.3 Å². The SMILES string of the molecule is Cc1nnc(N2CC(Cn3nc(-c4ccncc4)ccc3=O)C2)c2ccccc12. The Balaban J connectivity index is 1.34. The Morgan fingerprint density at radius 1 is 0.966 bits per heavy atom. The van der Waals surface area contributed by atoms with Crippen LogP contribution in [0.15, 0.2) is 65.7 Å². The van der Waals surface area contributed by atoms with Gasteiger partial charge in [-0.05, 0) is 25.1 Å². The molecule has 1 aromatic carbocycles. The molecule has 5 rings (SSSR count). The maximum absolute atomic E-state index is 12.3. The van der Waals surface area contributed by atoms with Crippen molar-refractivity contribution in [3.8, 4) is 11.3 Å². The van der Waals surface area contributed by atoms with Crippen molar-refractivity contribution in [3.05, 3.63) is 77.0 Å². The molecule has 0 spiro atoms. The van der Waals surface area contributed by atoms with Gasteiger partial charge in [-0.25, -0.2) is 4.68 Å². The number of nitrogens with zero attached hydrogens (tertiary/aromatic N) is 6. The molecule has 144 valence electrons. The van der Waals surface area contributed by atoms with Gasteiger partial charge >= 0.3 is 0 Å². The highest BCUT2D eigenvalue weighted by atomic mass is 16.1. The molecule has 0 bridgehead atoms. The van der Waals surface area contributed by atoms with Crippen LogP contribution in [0.25, 0.3) is 22.0 Å². The number of benzene rings is 1. The molecule has 0 amide bonds. The van der Waals surface area contributed by atoms with Gasteiger partial charge < -0.3 is 4.90 Å². The third-order valence-electron chi connectivity index (χ3n) is 5.38. The smallest absolute Gasteiger partial charge is 0.266 e. The van der Waals surface area contributed by atoms with Gasteiger partial charge in [-0.1, -0.05) is 24.3 Å². The van der Waals surface area contributed by atoms with Crippen molar-refractivity contribution in [1.29, 1.82) is 0 Å². The lowest BCUT2D eigenvalue weighted by Crippen LogP contribution is -2.50. The lowest BCUT2D eigenvalue weighted by molar-refractivity contribution is 0.333. The van der Waals surface area contributed by atoms with Crippen molar-refractivity contribution < 1.29 is 0 Å². The highest BCUT2D eigenvalue weighted by Crippen LogP contribution is 2.30. The maximum atomic E-state index is 12.3. The number of fused-ring (bicyclic) bond motifs is 1. The van der Waals surface area contributed by atoms with E-state index in [0.717, 1.165) is 46.6 Å². The normalized spacial score (nSPS) is 14.2. The number of hydrogen-bond acceptors (Lipinski definition) is 6. The van der Waals surface area contributed by atoms with Gasteiger partial charge in [-0.2, -0.15) is 10.2 Å². The van der Waals surface area contributed by atoms with E-state index in [-0.39, 0.29) is 5.56 Å². The van der Waals surface area contributed by atoms with Crippen LogP contribution in [0.4, 0.5) is 5.82 Å². The molecule has 3 aromatic heterocycles. The van der Waals surface area contributed by atoms with Crippen molar-refractivity contribution in [2.24, 2.45) is 5.92 Å². The highest BCUT2D eigenvalue weighted by molar-refractivity contribution is 5.93. The minimum Gasteiger partial charge on any atom is -0.354 e. The summed E-state index contributed by atoms with van der Waals surface area (Å²) in [6, 6.07) is 15.3. The molecular weight excluding hydrogens is 364 g/mol. The molecule has 7 nitrogen and oxygen atoms in total. The van der Waals surface area contributed by atoms with Gasteiger partial charge in [0.1, 0.15) is 0 Å². The standard InChI is InChI=1S/C22H20N6O/c1-15-18-4-2-3-5-19(18)22(25-24-15)27-12-16(13-27)14-28-21(29)7-6-20(26-28)17-8-10-23-11-9-17/h2-11,16H,12-14H2,1H3. The van der Waals surface area contributed by atoms with E-state index in [4.69, 9.17) is 0 Å². The van der Waals surface area contributed by atoms with Crippen LogP contribution in [0.2, 0.25) is 0 Å². The highest BCUT2D eigenvalue weighted by Gasteiger charge is 2.30. The number of aromatic nitrogens is 5. The molecule has 0 saturated carbocycles. The van der Waals surface area contributed by atoms with Crippen molar-refractivity contribution in [2.45, 2.75) is 13.5 Å². The van der Waals surface area contributed by atoms with Gasteiger partial charge in [0.05, 0.1) is 17.9 Å². The van der Waals surface area contributed by atoms with Crippen LogP contribution < -0.4 is 10.5 Å². The first-order chi connectivity index (χ1) is 14.2. The first kappa shape index (κ1) is 17.5. The van der Waals surface area contributed by atoms with E-state index in [1.807, 2.05) is 31.2 Å². The van der Waals surface area contributed by atoms with Crippen LogP contribution in [0.1, 0.15) is 5.69 Å². The number of hydrogen-bond donors (Lipinski definition) is 0. The number of rotatable bonds is 4. The molecule has 1 aliphatic heterocycles. The largest absolute Gasteiger partial charge is 0.354 e. The average Bonchev–Trinajstić information content (AvgIpc) is 2.73. The predicted molar refractivity (Wildman–Crippen MR) is 112 cm³/mol. The minimum absolute atomic E-state index is 0.0816. The molecule has 1 fully saturated rings. The fourth-order valence-electron chi connectivity index (χ4n) is 3.82. The first-order valence-corrected chi connectivity index (χ1v) is 9.64.